The second-order valence-electron chi connectivity index (χ2n) is 4.40. The summed E-state index contributed by atoms with van der Waals surface area (Å²) in [6.45, 7) is 1.96. The van der Waals surface area contributed by atoms with Crippen LogP contribution in [0.1, 0.15) is 23.7 Å². The minimum atomic E-state index is -0.726. The minimum Gasteiger partial charge on any atom is -0.378 e. The highest BCUT2D eigenvalue weighted by Crippen LogP contribution is 2.19. The molecule has 1 heterocycles. The molecule has 1 N–H and O–H groups in total. The number of nitrogens with zero attached hydrogens (tertiary/aromatic N) is 3. The number of aryl methyl sites for hydroxylation is 2. The summed E-state index contributed by atoms with van der Waals surface area (Å²) in [4.78, 5) is 0. The van der Waals surface area contributed by atoms with Gasteiger partial charge in [-0.2, -0.15) is 10.4 Å². The Bertz CT molecular complexity index is 647. The van der Waals surface area contributed by atoms with Crippen molar-refractivity contribution >= 4 is 5.69 Å². The molecule has 4 nitrogen and oxygen atoms in total. The summed E-state index contributed by atoms with van der Waals surface area (Å²) in [6.07, 6.45) is 2.49. The maximum atomic E-state index is 13.7. The number of hydrogen-bond donors (Lipinski definition) is 1. The molecule has 2 rings (SSSR count). The normalized spacial score (nSPS) is 10.3. The van der Waals surface area contributed by atoms with Crippen LogP contribution in [0.3, 0.4) is 0 Å². The van der Waals surface area contributed by atoms with E-state index >= 15 is 0 Å². The predicted molar refractivity (Wildman–Crippen MR) is 71.0 cm³/mol. The van der Waals surface area contributed by atoms with Crippen molar-refractivity contribution in [2.75, 3.05) is 5.32 Å². The lowest BCUT2D eigenvalue weighted by Crippen LogP contribution is -2.06. The molecule has 0 unspecified atom stereocenters. The van der Waals surface area contributed by atoms with Crippen LogP contribution < -0.4 is 5.32 Å². The molecule has 1 aromatic carbocycles. The van der Waals surface area contributed by atoms with Gasteiger partial charge in [0.25, 0.3) is 0 Å². The highest BCUT2D eigenvalue weighted by atomic mass is 19.1. The fourth-order valence-electron chi connectivity index (χ4n) is 1.96. The number of anilines is 1. The van der Waals surface area contributed by atoms with Gasteiger partial charge in [0.1, 0.15) is 11.6 Å². The Morgan fingerprint density at radius 3 is 2.55 bits per heavy atom. The number of rotatable bonds is 4. The quantitative estimate of drug-likeness (QED) is 0.934. The third kappa shape index (κ3) is 2.77. The Kier molecular flexibility index (Phi) is 3.99. The van der Waals surface area contributed by atoms with E-state index in [-0.39, 0.29) is 17.7 Å². The lowest BCUT2D eigenvalue weighted by atomic mass is 10.1. The summed E-state index contributed by atoms with van der Waals surface area (Å²) in [5, 5.41) is 15.9. The van der Waals surface area contributed by atoms with Gasteiger partial charge >= 0.3 is 0 Å². The monoisotopic (exact) mass is 276 g/mol. The van der Waals surface area contributed by atoms with Crippen LogP contribution in [0, 0.1) is 23.0 Å². The first-order chi connectivity index (χ1) is 9.55. The smallest absolute Gasteiger partial charge is 0.132 e. The molecule has 2 aromatic rings. The molecule has 0 radical (unpaired) electrons. The number of nitriles is 1. The van der Waals surface area contributed by atoms with E-state index < -0.39 is 11.6 Å². The third-order valence-electron chi connectivity index (χ3n) is 2.97. The van der Waals surface area contributed by atoms with Gasteiger partial charge in [-0.15, -0.1) is 0 Å². The summed E-state index contributed by atoms with van der Waals surface area (Å²) < 4.78 is 29.1. The van der Waals surface area contributed by atoms with E-state index in [9.17, 15) is 8.78 Å². The van der Waals surface area contributed by atoms with E-state index in [1.165, 1.54) is 0 Å². The molecule has 6 heteroatoms. The Hall–Kier alpha value is -2.42. The van der Waals surface area contributed by atoms with Crippen LogP contribution in [-0.4, -0.2) is 9.78 Å². The topological polar surface area (TPSA) is 53.6 Å². The zero-order valence-electron chi connectivity index (χ0n) is 11.2. The van der Waals surface area contributed by atoms with Gasteiger partial charge in [-0.3, -0.25) is 4.68 Å². The second-order valence-corrected chi connectivity index (χ2v) is 4.40. The molecular formula is C14H14F2N4. The van der Waals surface area contributed by atoms with Crippen LogP contribution in [0.5, 0.6) is 0 Å². The summed E-state index contributed by atoms with van der Waals surface area (Å²) in [6, 6.07) is 3.78. The fourth-order valence-corrected chi connectivity index (χ4v) is 1.96. The van der Waals surface area contributed by atoms with Crippen molar-refractivity contribution in [2.24, 2.45) is 7.05 Å². The first-order valence-electron chi connectivity index (χ1n) is 6.19. The van der Waals surface area contributed by atoms with Gasteiger partial charge in [0.2, 0.25) is 0 Å². The first-order valence-corrected chi connectivity index (χ1v) is 6.19. The van der Waals surface area contributed by atoms with E-state index in [4.69, 9.17) is 5.26 Å². The maximum absolute atomic E-state index is 13.7. The molecule has 0 spiro atoms. The van der Waals surface area contributed by atoms with Gasteiger partial charge in [-0.1, -0.05) is 6.92 Å². The second kappa shape index (κ2) is 5.70. The van der Waals surface area contributed by atoms with Gasteiger partial charge in [0.05, 0.1) is 23.0 Å². The average molecular weight is 276 g/mol. The highest BCUT2D eigenvalue weighted by Gasteiger charge is 2.12. The Morgan fingerprint density at radius 1 is 1.35 bits per heavy atom. The van der Waals surface area contributed by atoms with Crippen LogP contribution in [0.4, 0.5) is 14.5 Å². The van der Waals surface area contributed by atoms with E-state index in [1.54, 1.807) is 24.0 Å². The SMILES string of the molecule is CCc1nn(C)cc1NCc1c(F)cc(C#N)cc1F. The van der Waals surface area contributed by atoms with Gasteiger partial charge in [0.15, 0.2) is 0 Å². The predicted octanol–water partition coefficient (Wildman–Crippen LogP) is 2.74. The number of aromatic nitrogens is 2. The molecule has 20 heavy (non-hydrogen) atoms. The highest BCUT2D eigenvalue weighted by molar-refractivity contribution is 5.47. The van der Waals surface area contributed by atoms with E-state index in [0.717, 1.165) is 29.9 Å². The molecule has 1 aromatic heterocycles. The first kappa shape index (κ1) is 14.0. The summed E-state index contributed by atoms with van der Waals surface area (Å²) >= 11 is 0. The summed E-state index contributed by atoms with van der Waals surface area (Å²) in [5.41, 5.74) is 1.47. The largest absolute Gasteiger partial charge is 0.378 e. The fraction of sp³-hybridized carbons (Fsp3) is 0.286. The van der Waals surface area contributed by atoms with Crippen LogP contribution >= 0.6 is 0 Å². The Balaban J connectivity index is 2.21. The molecule has 0 saturated carbocycles. The van der Waals surface area contributed by atoms with Crippen LogP contribution in [-0.2, 0) is 20.0 Å². The molecule has 0 atom stereocenters. The van der Waals surface area contributed by atoms with Crippen LogP contribution in [0.25, 0.3) is 0 Å². The van der Waals surface area contributed by atoms with E-state index in [2.05, 4.69) is 10.4 Å². The Morgan fingerprint density at radius 2 is 2.00 bits per heavy atom. The van der Waals surface area contributed by atoms with Crippen molar-refractivity contribution in [1.82, 2.24) is 9.78 Å². The number of hydrogen-bond acceptors (Lipinski definition) is 3. The molecule has 0 aliphatic rings. The van der Waals surface area contributed by atoms with Crippen molar-refractivity contribution in [2.45, 2.75) is 19.9 Å². The van der Waals surface area contributed by atoms with Crippen molar-refractivity contribution in [3.8, 4) is 6.07 Å². The van der Waals surface area contributed by atoms with E-state index in [1.807, 2.05) is 6.92 Å². The number of halogens is 2. The van der Waals surface area contributed by atoms with Crippen LogP contribution in [0.15, 0.2) is 18.3 Å². The lowest BCUT2D eigenvalue weighted by Gasteiger charge is -2.08. The van der Waals surface area contributed by atoms with Crippen molar-refractivity contribution in [3.63, 3.8) is 0 Å². The van der Waals surface area contributed by atoms with Gasteiger partial charge in [0, 0.05) is 25.4 Å². The molecule has 0 bridgehead atoms. The number of benzene rings is 1. The Labute approximate surface area is 115 Å². The molecule has 0 aliphatic heterocycles. The molecule has 0 saturated heterocycles. The number of nitrogens with one attached hydrogen (secondary N) is 1. The van der Waals surface area contributed by atoms with Gasteiger partial charge < -0.3 is 5.32 Å². The zero-order chi connectivity index (χ0) is 14.7. The zero-order valence-corrected chi connectivity index (χ0v) is 11.2. The van der Waals surface area contributed by atoms with Gasteiger partial charge in [-0.05, 0) is 18.6 Å². The lowest BCUT2D eigenvalue weighted by molar-refractivity contribution is 0.559. The molecule has 104 valence electrons. The molecule has 0 aliphatic carbocycles. The standard InChI is InChI=1S/C14H14F2N4/c1-3-13-14(8-20(2)19-13)18-7-10-11(15)4-9(6-17)5-12(10)16/h4-5,8,18H,3,7H2,1-2H3. The van der Waals surface area contributed by atoms with Crippen LogP contribution in [0.2, 0.25) is 0 Å². The average Bonchev–Trinajstić information content (AvgIpc) is 2.77. The molecule has 0 fully saturated rings. The van der Waals surface area contributed by atoms with Crippen molar-refractivity contribution in [3.05, 3.63) is 46.8 Å². The summed E-state index contributed by atoms with van der Waals surface area (Å²) in [5.74, 6) is -1.45. The minimum absolute atomic E-state index is 0.00205. The maximum Gasteiger partial charge on any atom is 0.132 e. The van der Waals surface area contributed by atoms with Crippen molar-refractivity contribution < 1.29 is 8.78 Å². The molecule has 0 amide bonds. The summed E-state index contributed by atoms with van der Waals surface area (Å²) in [7, 11) is 1.78. The van der Waals surface area contributed by atoms with Crippen molar-refractivity contribution in [1.29, 1.82) is 5.26 Å². The van der Waals surface area contributed by atoms with E-state index in [0.29, 0.717) is 0 Å². The third-order valence-corrected chi connectivity index (χ3v) is 2.97. The molecular weight excluding hydrogens is 262 g/mol. The van der Waals surface area contributed by atoms with Gasteiger partial charge in [-0.25, -0.2) is 8.78 Å².